The Labute approximate surface area is 136 Å². The molecule has 1 aromatic carbocycles. The van der Waals surface area contributed by atoms with E-state index in [1.165, 1.54) is 43.6 Å². The van der Waals surface area contributed by atoms with Crippen molar-refractivity contribution in [3.8, 4) is 0 Å². The van der Waals surface area contributed by atoms with Gasteiger partial charge in [0.15, 0.2) is 0 Å². The third-order valence-corrected chi connectivity index (χ3v) is 3.82. The fourth-order valence-electron chi connectivity index (χ4n) is 2.82. The van der Waals surface area contributed by atoms with E-state index in [-0.39, 0.29) is 24.8 Å². The lowest BCUT2D eigenvalue weighted by Gasteiger charge is -2.29. The normalized spacial score (nSPS) is 16.3. The largest absolute Gasteiger partial charge is 0.372 e. The first-order chi connectivity index (χ1) is 8.66. The summed E-state index contributed by atoms with van der Waals surface area (Å²) in [6, 6.07) is 9.20. The molecule has 1 aromatic rings. The van der Waals surface area contributed by atoms with Gasteiger partial charge in [0.2, 0.25) is 0 Å². The minimum atomic E-state index is 0. The lowest BCUT2D eigenvalue weighted by Crippen LogP contribution is -2.29. The van der Waals surface area contributed by atoms with Crippen molar-refractivity contribution in [3.05, 3.63) is 29.8 Å². The molecular formula is C16H28Cl2N2. The Morgan fingerprint density at radius 3 is 2.05 bits per heavy atom. The summed E-state index contributed by atoms with van der Waals surface area (Å²) in [5, 5.41) is 0. The van der Waals surface area contributed by atoms with Gasteiger partial charge in [-0.25, -0.2) is 0 Å². The van der Waals surface area contributed by atoms with Crippen LogP contribution >= 0.6 is 24.8 Å². The van der Waals surface area contributed by atoms with Crippen molar-refractivity contribution < 1.29 is 0 Å². The molecule has 4 heteroatoms. The van der Waals surface area contributed by atoms with Gasteiger partial charge in [-0.2, -0.15) is 0 Å². The molecule has 1 atom stereocenters. The van der Waals surface area contributed by atoms with Crippen LogP contribution in [0.2, 0.25) is 0 Å². The summed E-state index contributed by atoms with van der Waals surface area (Å²) >= 11 is 0. The Kier molecular flexibility index (Phi) is 9.28. The minimum Gasteiger partial charge on any atom is -0.372 e. The Bertz CT molecular complexity index is 359. The zero-order valence-corrected chi connectivity index (χ0v) is 14.5. The van der Waals surface area contributed by atoms with E-state index in [4.69, 9.17) is 0 Å². The van der Waals surface area contributed by atoms with E-state index in [0.29, 0.717) is 5.92 Å². The SMILES string of the molecule is CC(CN(C)C)c1ccc(N2CCCCC2)cc1.Cl.Cl. The van der Waals surface area contributed by atoms with Crippen LogP contribution in [0.5, 0.6) is 0 Å². The molecule has 1 fully saturated rings. The average Bonchev–Trinajstić information content (AvgIpc) is 2.39. The van der Waals surface area contributed by atoms with Crippen molar-refractivity contribution >= 4 is 30.5 Å². The van der Waals surface area contributed by atoms with Gasteiger partial charge < -0.3 is 9.80 Å². The summed E-state index contributed by atoms with van der Waals surface area (Å²) in [5.41, 5.74) is 2.85. The molecule has 0 aliphatic carbocycles. The van der Waals surface area contributed by atoms with Gasteiger partial charge in [0.05, 0.1) is 0 Å². The zero-order valence-electron chi connectivity index (χ0n) is 12.8. The number of likely N-dealkylation sites (N-methyl/N-ethyl adjacent to an activating group) is 1. The summed E-state index contributed by atoms with van der Waals surface area (Å²) in [5.74, 6) is 0.607. The smallest absolute Gasteiger partial charge is 0.0366 e. The molecule has 2 rings (SSSR count). The molecule has 1 unspecified atom stereocenters. The first-order valence-electron chi connectivity index (χ1n) is 7.16. The monoisotopic (exact) mass is 318 g/mol. The van der Waals surface area contributed by atoms with Gasteiger partial charge >= 0.3 is 0 Å². The molecular weight excluding hydrogens is 291 g/mol. The Hall–Kier alpha value is -0.440. The van der Waals surface area contributed by atoms with Crippen molar-refractivity contribution in [2.45, 2.75) is 32.1 Å². The lowest BCUT2D eigenvalue weighted by molar-refractivity contribution is 0.383. The summed E-state index contributed by atoms with van der Waals surface area (Å²) in [4.78, 5) is 4.77. The second kappa shape index (κ2) is 9.49. The first-order valence-corrected chi connectivity index (χ1v) is 7.16. The van der Waals surface area contributed by atoms with Crippen molar-refractivity contribution in [3.63, 3.8) is 0 Å². The highest BCUT2D eigenvalue weighted by Crippen LogP contribution is 2.23. The van der Waals surface area contributed by atoms with E-state index in [0.717, 1.165) is 6.54 Å². The van der Waals surface area contributed by atoms with Crippen molar-refractivity contribution in [1.82, 2.24) is 4.90 Å². The fourth-order valence-corrected chi connectivity index (χ4v) is 2.82. The van der Waals surface area contributed by atoms with Gasteiger partial charge in [0.1, 0.15) is 0 Å². The van der Waals surface area contributed by atoms with Crippen LogP contribution in [-0.4, -0.2) is 38.6 Å². The number of rotatable bonds is 4. The molecule has 1 saturated heterocycles. The second-order valence-corrected chi connectivity index (χ2v) is 5.80. The summed E-state index contributed by atoms with van der Waals surface area (Å²) in [7, 11) is 4.28. The molecule has 0 bridgehead atoms. The van der Waals surface area contributed by atoms with Crippen molar-refractivity contribution in [1.29, 1.82) is 0 Å². The number of hydrogen-bond acceptors (Lipinski definition) is 2. The standard InChI is InChI=1S/C16H26N2.2ClH/c1-14(13-17(2)3)15-7-9-16(10-8-15)18-11-5-4-6-12-18;;/h7-10,14H,4-6,11-13H2,1-3H3;2*1H. The number of benzene rings is 1. The predicted octanol–water partition coefficient (Wildman–Crippen LogP) is 4.19. The van der Waals surface area contributed by atoms with Crippen LogP contribution in [0.3, 0.4) is 0 Å². The van der Waals surface area contributed by atoms with Crippen LogP contribution in [0.25, 0.3) is 0 Å². The molecule has 0 aromatic heterocycles. The van der Waals surface area contributed by atoms with Crippen LogP contribution in [0.15, 0.2) is 24.3 Å². The number of anilines is 1. The summed E-state index contributed by atoms with van der Waals surface area (Å²) < 4.78 is 0. The molecule has 20 heavy (non-hydrogen) atoms. The highest BCUT2D eigenvalue weighted by atomic mass is 35.5. The maximum absolute atomic E-state index is 2.52. The first kappa shape index (κ1) is 19.6. The molecule has 116 valence electrons. The van der Waals surface area contributed by atoms with Gasteiger partial charge in [-0.05, 0) is 57.0 Å². The summed E-state index contributed by atoms with van der Waals surface area (Å²) in [6.07, 6.45) is 4.09. The maximum atomic E-state index is 2.52. The number of piperidine rings is 1. The zero-order chi connectivity index (χ0) is 13.0. The van der Waals surface area contributed by atoms with Crippen LogP contribution in [0.1, 0.15) is 37.7 Å². The molecule has 0 amide bonds. The summed E-state index contributed by atoms with van der Waals surface area (Å²) in [6.45, 7) is 5.87. The Balaban J connectivity index is 0.00000180. The topological polar surface area (TPSA) is 6.48 Å². The van der Waals surface area contributed by atoms with Crippen molar-refractivity contribution in [2.75, 3.05) is 38.6 Å². The van der Waals surface area contributed by atoms with Gasteiger partial charge in [-0.1, -0.05) is 19.1 Å². The highest BCUT2D eigenvalue weighted by Gasteiger charge is 2.12. The number of nitrogens with zero attached hydrogens (tertiary/aromatic N) is 2. The van der Waals surface area contributed by atoms with Gasteiger partial charge in [-0.15, -0.1) is 24.8 Å². The van der Waals surface area contributed by atoms with E-state index in [1.54, 1.807) is 0 Å². The number of hydrogen-bond donors (Lipinski definition) is 0. The number of halogens is 2. The quantitative estimate of drug-likeness (QED) is 0.821. The molecule has 0 spiro atoms. The van der Waals surface area contributed by atoms with Crippen LogP contribution in [0, 0.1) is 0 Å². The Morgan fingerprint density at radius 2 is 1.55 bits per heavy atom. The Morgan fingerprint density at radius 1 is 1.00 bits per heavy atom. The van der Waals surface area contributed by atoms with Crippen LogP contribution in [0.4, 0.5) is 5.69 Å². The second-order valence-electron chi connectivity index (χ2n) is 5.80. The van der Waals surface area contributed by atoms with Gasteiger partial charge in [0.25, 0.3) is 0 Å². The molecule has 1 heterocycles. The van der Waals surface area contributed by atoms with E-state index >= 15 is 0 Å². The third kappa shape index (κ3) is 5.51. The lowest BCUT2D eigenvalue weighted by atomic mass is 10.00. The highest BCUT2D eigenvalue weighted by molar-refractivity contribution is 5.85. The molecule has 2 nitrogen and oxygen atoms in total. The van der Waals surface area contributed by atoms with Gasteiger partial charge in [-0.3, -0.25) is 0 Å². The fraction of sp³-hybridized carbons (Fsp3) is 0.625. The van der Waals surface area contributed by atoms with Gasteiger partial charge in [0, 0.05) is 25.3 Å². The minimum absolute atomic E-state index is 0. The molecule has 1 aliphatic heterocycles. The van der Waals surface area contributed by atoms with E-state index in [2.05, 4.69) is 55.1 Å². The third-order valence-electron chi connectivity index (χ3n) is 3.82. The van der Waals surface area contributed by atoms with Crippen LogP contribution in [-0.2, 0) is 0 Å². The van der Waals surface area contributed by atoms with E-state index in [1.807, 2.05) is 0 Å². The average molecular weight is 319 g/mol. The van der Waals surface area contributed by atoms with E-state index < -0.39 is 0 Å². The molecule has 1 aliphatic rings. The van der Waals surface area contributed by atoms with E-state index in [9.17, 15) is 0 Å². The molecule has 0 radical (unpaired) electrons. The molecule has 0 N–H and O–H groups in total. The predicted molar refractivity (Wildman–Crippen MR) is 94.0 cm³/mol. The molecule has 0 saturated carbocycles. The maximum Gasteiger partial charge on any atom is 0.0366 e. The van der Waals surface area contributed by atoms with Crippen LogP contribution < -0.4 is 4.90 Å². The van der Waals surface area contributed by atoms with Crippen molar-refractivity contribution in [2.24, 2.45) is 0 Å².